The topological polar surface area (TPSA) is 133 Å². The number of carbonyl (C=O) groups is 2. The largest absolute Gasteiger partial charge is 0.450 e. The summed E-state index contributed by atoms with van der Waals surface area (Å²) in [5, 5.41) is 9.44. The van der Waals surface area contributed by atoms with E-state index in [1.807, 2.05) is 37.3 Å². The first-order valence-electron chi connectivity index (χ1n) is 10.2. The van der Waals surface area contributed by atoms with Gasteiger partial charge in [0.1, 0.15) is 6.61 Å². The highest BCUT2D eigenvalue weighted by Crippen LogP contribution is 2.16. The van der Waals surface area contributed by atoms with Gasteiger partial charge in [-0.05, 0) is 25.0 Å². The molecule has 0 radical (unpaired) electrons. The third-order valence-electron chi connectivity index (χ3n) is 4.25. The van der Waals surface area contributed by atoms with E-state index in [-0.39, 0.29) is 18.5 Å². The van der Waals surface area contributed by atoms with E-state index in [0.717, 1.165) is 18.4 Å². The number of benzene rings is 1. The SMILES string of the molecule is CCCCOC(=O)N[C@@H](C)c1nc(NC(=O)OCc2ccccc2)nn1-c1ncccn1. The summed E-state index contributed by atoms with van der Waals surface area (Å²) in [5.41, 5.74) is 0.846. The molecule has 0 aliphatic carbocycles. The van der Waals surface area contributed by atoms with Gasteiger partial charge in [0, 0.05) is 12.4 Å². The minimum absolute atomic E-state index is 0.0153. The van der Waals surface area contributed by atoms with Crippen LogP contribution in [0.3, 0.4) is 0 Å². The molecule has 0 fully saturated rings. The average Bonchev–Trinajstić information content (AvgIpc) is 3.23. The molecule has 168 valence electrons. The summed E-state index contributed by atoms with van der Waals surface area (Å²) in [4.78, 5) is 36.9. The Hall–Kier alpha value is -4.02. The van der Waals surface area contributed by atoms with Gasteiger partial charge in [-0.1, -0.05) is 43.7 Å². The maximum absolute atomic E-state index is 12.2. The standard InChI is InChI=1S/C21H25N7O4/c1-3-4-13-31-20(29)24-15(2)17-25-18(27-28(17)19-22-11-8-12-23-19)26-21(30)32-14-16-9-6-5-7-10-16/h5-12,15H,3-4,13-14H2,1-2H3,(H,24,29)(H,26,27,30)/t15-/m0/s1. The highest BCUT2D eigenvalue weighted by molar-refractivity contribution is 5.82. The first-order chi connectivity index (χ1) is 15.6. The van der Waals surface area contributed by atoms with Crippen LogP contribution in [0.5, 0.6) is 0 Å². The van der Waals surface area contributed by atoms with Crippen LogP contribution in [-0.2, 0) is 16.1 Å². The number of amides is 2. The van der Waals surface area contributed by atoms with Crippen LogP contribution in [0.25, 0.3) is 5.95 Å². The molecule has 0 aliphatic heterocycles. The zero-order valence-electron chi connectivity index (χ0n) is 17.9. The number of hydrogen-bond donors (Lipinski definition) is 2. The number of alkyl carbamates (subject to hydrolysis) is 1. The second kappa shape index (κ2) is 11.4. The van der Waals surface area contributed by atoms with Gasteiger partial charge in [-0.2, -0.15) is 9.67 Å². The molecule has 3 rings (SSSR count). The summed E-state index contributed by atoms with van der Waals surface area (Å²) in [7, 11) is 0. The van der Waals surface area contributed by atoms with Crippen molar-refractivity contribution in [1.82, 2.24) is 30.0 Å². The molecule has 1 aromatic carbocycles. The van der Waals surface area contributed by atoms with Gasteiger partial charge in [-0.15, -0.1) is 5.10 Å². The monoisotopic (exact) mass is 439 g/mol. The Bertz CT molecular complexity index is 1010. The molecule has 0 bridgehead atoms. The van der Waals surface area contributed by atoms with Gasteiger partial charge in [-0.3, -0.25) is 5.32 Å². The van der Waals surface area contributed by atoms with Crippen molar-refractivity contribution in [3.8, 4) is 5.95 Å². The van der Waals surface area contributed by atoms with Gasteiger partial charge >= 0.3 is 12.2 Å². The number of unbranched alkanes of at least 4 members (excludes halogenated alkanes) is 1. The molecule has 0 saturated heterocycles. The number of carbonyl (C=O) groups excluding carboxylic acids is 2. The van der Waals surface area contributed by atoms with E-state index >= 15 is 0 Å². The molecule has 0 unspecified atom stereocenters. The van der Waals surface area contributed by atoms with Crippen molar-refractivity contribution < 1.29 is 19.1 Å². The number of hydrogen-bond acceptors (Lipinski definition) is 8. The van der Waals surface area contributed by atoms with Gasteiger partial charge in [0.2, 0.25) is 0 Å². The Labute approximate surface area is 185 Å². The number of aromatic nitrogens is 5. The Morgan fingerprint density at radius 3 is 2.53 bits per heavy atom. The molecule has 11 nitrogen and oxygen atoms in total. The fraction of sp³-hybridized carbons (Fsp3) is 0.333. The Balaban J connectivity index is 1.71. The minimum Gasteiger partial charge on any atom is -0.450 e. The van der Waals surface area contributed by atoms with Crippen molar-refractivity contribution in [1.29, 1.82) is 0 Å². The molecular weight excluding hydrogens is 414 g/mol. The molecule has 0 saturated carbocycles. The lowest BCUT2D eigenvalue weighted by Gasteiger charge is -2.13. The molecule has 32 heavy (non-hydrogen) atoms. The van der Waals surface area contributed by atoms with E-state index in [4.69, 9.17) is 9.47 Å². The predicted octanol–water partition coefficient (Wildman–Crippen LogP) is 3.39. The molecule has 2 aromatic heterocycles. The first kappa shape index (κ1) is 22.7. The number of rotatable bonds is 9. The smallest absolute Gasteiger partial charge is 0.414 e. The Kier molecular flexibility index (Phi) is 8.07. The highest BCUT2D eigenvalue weighted by Gasteiger charge is 2.22. The normalized spacial score (nSPS) is 11.4. The van der Waals surface area contributed by atoms with Crippen LogP contribution >= 0.6 is 0 Å². The van der Waals surface area contributed by atoms with Crippen molar-refractivity contribution in [2.24, 2.45) is 0 Å². The minimum atomic E-state index is -0.717. The van der Waals surface area contributed by atoms with Crippen molar-refractivity contribution in [3.63, 3.8) is 0 Å². The lowest BCUT2D eigenvalue weighted by atomic mass is 10.2. The third kappa shape index (κ3) is 6.49. The molecule has 3 aromatic rings. The zero-order chi connectivity index (χ0) is 22.8. The maximum Gasteiger partial charge on any atom is 0.414 e. The molecule has 2 heterocycles. The maximum atomic E-state index is 12.2. The van der Waals surface area contributed by atoms with Crippen molar-refractivity contribution in [2.75, 3.05) is 11.9 Å². The Morgan fingerprint density at radius 1 is 1.06 bits per heavy atom. The van der Waals surface area contributed by atoms with Crippen molar-refractivity contribution in [2.45, 2.75) is 39.3 Å². The summed E-state index contributed by atoms with van der Waals surface area (Å²) in [5.74, 6) is 0.522. The quantitative estimate of drug-likeness (QED) is 0.485. The molecule has 1 atom stereocenters. The van der Waals surface area contributed by atoms with Gasteiger partial charge in [0.15, 0.2) is 5.82 Å². The fourth-order valence-corrected chi connectivity index (χ4v) is 2.65. The zero-order valence-corrected chi connectivity index (χ0v) is 17.9. The number of nitrogens with zero attached hydrogens (tertiary/aromatic N) is 5. The van der Waals surface area contributed by atoms with Crippen molar-refractivity contribution in [3.05, 3.63) is 60.2 Å². The lowest BCUT2D eigenvalue weighted by Crippen LogP contribution is -2.29. The highest BCUT2D eigenvalue weighted by atomic mass is 16.6. The summed E-state index contributed by atoms with van der Waals surface area (Å²) in [6.45, 7) is 4.14. The molecule has 0 aliphatic rings. The second-order valence-corrected chi connectivity index (χ2v) is 6.80. The fourth-order valence-electron chi connectivity index (χ4n) is 2.65. The van der Waals surface area contributed by atoms with Gasteiger partial charge in [0.05, 0.1) is 12.6 Å². The Morgan fingerprint density at radius 2 is 1.81 bits per heavy atom. The summed E-state index contributed by atoms with van der Waals surface area (Å²) in [6, 6.07) is 10.3. The van der Waals surface area contributed by atoms with Crippen LogP contribution in [0.4, 0.5) is 15.5 Å². The summed E-state index contributed by atoms with van der Waals surface area (Å²) >= 11 is 0. The first-order valence-corrected chi connectivity index (χ1v) is 10.2. The van der Waals surface area contributed by atoms with Gasteiger partial charge < -0.3 is 14.8 Å². The van der Waals surface area contributed by atoms with Gasteiger partial charge in [0.25, 0.3) is 11.9 Å². The molecule has 2 amide bonds. The van der Waals surface area contributed by atoms with E-state index in [1.54, 1.807) is 25.4 Å². The third-order valence-corrected chi connectivity index (χ3v) is 4.25. The van der Waals surface area contributed by atoms with E-state index in [0.29, 0.717) is 12.4 Å². The van der Waals surface area contributed by atoms with Crippen LogP contribution in [0.1, 0.15) is 44.1 Å². The van der Waals surface area contributed by atoms with Crippen LogP contribution in [0, 0.1) is 0 Å². The van der Waals surface area contributed by atoms with Crippen molar-refractivity contribution >= 4 is 18.1 Å². The molecule has 0 spiro atoms. The number of ether oxygens (including phenoxy) is 2. The number of anilines is 1. The molecule has 11 heteroatoms. The molecular formula is C21H25N7O4. The van der Waals surface area contributed by atoms with E-state index in [1.165, 1.54) is 4.68 Å². The van der Waals surface area contributed by atoms with Crippen LogP contribution < -0.4 is 10.6 Å². The second-order valence-electron chi connectivity index (χ2n) is 6.80. The van der Waals surface area contributed by atoms with Crippen LogP contribution in [0.2, 0.25) is 0 Å². The summed E-state index contributed by atoms with van der Waals surface area (Å²) in [6.07, 6.45) is 3.49. The van der Waals surface area contributed by atoms with E-state index < -0.39 is 18.2 Å². The van der Waals surface area contributed by atoms with E-state index in [9.17, 15) is 9.59 Å². The lowest BCUT2D eigenvalue weighted by molar-refractivity contribution is 0.140. The predicted molar refractivity (Wildman–Crippen MR) is 115 cm³/mol. The van der Waals surface area contributed by atoms with Gasteiger partial charge in [-0.25, -0.2) is 19.6 Å². The molecule has 2 N–H and O–H groups in total. The number of nitrogens with one attached hydrogen (secondary N) is 2. The average molecular weight is 439 g/mol. The van der Waals surface area contributed by atoms with Crippen LogP contribution in [0.15, 0.2) is 48.8 Å². The summed E-state index contributed by atoms with van der Waals surface area (Å²) < 4.78 is 11.7. The van der Waals surface area contributed by atoms with Crippen LogP contribution in [-0.4, -0.2) is 43.5 Å². The van der Waals surface area contributed by atoms with E-state index in [2.05, 4.69) is 30.7 Å².